The van der Waals surface area contributed by atoms with Crippen LogP contribution in [0.1, 0.15) is 24.8 Å². The maximum Gasteiger partial charge on any atom is 0.387 e. The van der Waals surface area contributed by atoms with Crippen molar-refractivity contribution in [1.29, 1.82) is 0 Å². The molecule has 7 heteroatoms. The van der Waals surface area contributed by atoms with Gasteiger partial charge in [-0.3, -0.25) is 4.79 Å². The van der Waals surface area contributed by atoms with Crippen LogP contribution in [0.5, 0.6) is 5.75 Å². The molecule has 22 heavy (non-hydrogen) atoms. The molecule has 1 saturated carbocycles. The minimum absolute atomic E-state index is 0.0697. The quantitative estimate of drug-likeness (QED) is 0.801. The Kier molecular flexibility index (Phi) is 6.14. The van der Waals surface area contributed by atoms with Crippen LogP contribution < -0.4 is 15.8 Å². The van der Waals surface area contributed by atoms with E-state index in [9.17, 15) is 13.6 Å². The van der Waals surface area contributed by atoms with Gasteiger partial charge in [0.2, 0.25) is 5.91 Å². The van der Waals surface area contributed by atoms with E-state index in [2.05, 4.69) is 26.0 Å². The van der Waals surface area contributed by atoms with Gasteiger partial charge in [-0.25, -0.2) is 0 Å². The smallest absolute Gasteiger partial charge is 0.387 e. The number of rotatable bonds is 6. The van der Waals surface area contributed by atoms with E-state index in [1.165, 1.54) is 6.07 Å². The molecule has 0 unspecified atom stereocenters. The fourth-order valence-electron chi connectivity index (χ4n) is 2.87. The zero-order valence-corrected chi connectivity index (χ0v) is 13.6. The third-order valence-electron chi connectivity index (χ3n) is 3.99. The lowest BCUT2D eigenvalue weighted by atomic mass is 9.95. The van der Waals surface area contributed by atoms with Gasteiger partial charge in [0.15, 0.2) is 0 Å². The molecule has 0 spiro atoms. The van der Waals surface area contributed by atoms with Crippen LogP contribution >= 0.6 is 15.9 Å². The minimum atomic E-state index is -2.90. The topological polar surface area (TPSA) is 64.4 Å². The lowest BCUT2D eigenvalue weighted by Crippen LogP contribution is -2.34. The van der Waals surface area contributed by atoms with Crippen molar-refractivity contribution in [1.82, 2.24) is 5.32 Å². The Morgan fingerprint density at radius 2 is 2.23 bits per heavy atom. The van der Waals surface area contributed by atoms with Gasteiger partial charge in [-0.1, -0.05) is 22.4 Å². The van der Waals surface area contributed by atoms with Gasteiger partial charge in [-0.05, 0) is 43.5 Å². The fourth-order valence-corrected chi connectivity index (χ4v) is 3.28. The van der Waals surface area contributed by atoms with Crippen LogP contribution in [0.15, 0.2) is 22.7 Å². The van der Waals surface area contributed by atoms with Crippen LogP contribution in [-0.4, -0.2) is 19.1 Å². The number of halogens is 3. The molecule has 0 heterocycles. The van der Waals surface area contributed by atoms with Gasteiger partial charge in [0, 0.05) is 22.5 Å². The summed E-state index contributed by atoms with van der Waals surface area (Å²) < 4.78 is 30.0. The van der Waals surface area contributed by atoms with Crippen LogP contribution in [0, 0.1) is 11.8 Å². The number of hydrogen-bond acceptors (Lipinski definition) is 3. The van der Waals surface area contributed by atoms with E-state index in [1.54, 1.807) is 12.1 Å². The maximum atomic E-state index is 12.4. The number of amides is 1. The second kappa shape index (κ2) is 7.87. The van der Waals surface area contributed by atoms with E-state index in [-0.39, 0.29) is 30.0 Å². The van der Waals surface area contributed by atoms with Crippen molar-refractivity contribution in [2.45, 2.75) is 32.4 Å². The Balaban J connectivity index is 2.01. The Labute approximate surface area is 136 Å². The molecule has 2 atom stereocenters. The minimum Gasteiger partial charge on any atom is -0.434 e. The molecule has 1 fully saturated rings. The summed E-state index contributed by atoms with van der Waals surface area (Å²) in [6.45, 7) is -2.25. The molecule has 1 aromatic carbocycles. The molecule has 1 aromatic rings. The second-order valence-electron chi connectivity index (χ2n) is 5.38. The van der Waals surface area contributed by atoms with Crippen LogP contribution in [-0.2, 0) is 11.3 Å². The molecule has 2 rings (SSSR count). The zero-order chi connectivity index (χ0) is 16.1. The molecular weight excluding hydrogens is 358 g/mol. The summed E-state index contributed by atoms with van der Waals surface area (Å²) in [5.74, 6) is 0.118. The number of nitrogens with two attached hydrogens (primary N) is 1. The van der Waals surface area contributed by atoms with Gasteiger partial charge in [0.05, 0.1) is 0 Å². The highest BCUT2D eigenvalue weighted by Crippen LogP contribution is 2.31. The van der Waals surface area contributed by atoms with E-state index in [4.69, 9.17) is 5.73 Å². The summed E-state index contributed by atoms with van der Waals surface area (Å²) in [5, 5.41) is 2.81. The highest BCUT2D eigenvalue weighted by atomic mass is 79.9. The first-order valence-corrected chi connectivity index (χ1v) is 8.01. The predicted octanol–water partition coefficient (Wildman–Crippen LogP) is 3.04. The van der Waals surface area contributed by atoms with Crippen LogP contribution in [0.2, 0.25) is 0 Å². The average Bonchev–Trinajstić information content (AvgIpc) is 2.95. The number of ether oxygens (including phenoxy) is 1. The molecule has 0 aliphatic heterocycles. The van der Waals surface area contributed by atoms with Gasteiger partial charge < -0.3 is 15.8 Å². The number of carbonyl (C=O) groups excluding carboxylic acids is 1. The zero-order valence-electron chi connectivity index (χ0n) is 12.0. The first-order valence-electron chi connectivity index (χ1n) is 7.22. The van der Waals surface area contributed by atoms with Crippen molar-refractivity contribution in [3.8, 4) is 5.75 Å². The Hall–Kier alpha value is -1.21. The van der Waals surface area contributed by atoms with Crippen molar-refractivity contribution >= 4 is 21.8 Å². The molecule has 3 N–H and O–H groups in total. The molecule has 4 nitrogen and oxygen atoms in total. The molecule has 1 amide bonds. The molecular formula is C15H19BrF2N2O2. The van der Waals surface area contributed by atoms with Gasteiger partial charge in [-0.15, -0.1) is 0 Å². The highest BCUT2D eigenvalue weighted by molar-refractivity contribution is 9.10. The second-order valence-corrected chi connectivity index (χ2v) is 6.30. The lowest BCUT2D eigenvalue weighted by Gasteiger charge is -2.18. The third kappa shape index (κ3) is 4.39. The number of nitrogens with one attached hydrogen (secondary N) is 1. The lowest BCUT2D eigenvalue weighted by molar-refractivity contribution is -0.126. The number of carbonyl (C=O) groups is 1. The van der Waals surface area contributed by atoms with Gasteiger partial charge in [0.25, 0.3) is 0 Å². The Bertz CT molecular complexity index is 528. The molecule has 0 radical (unpaired) electrons. The normalized spacial score (nSPS) is 21.1. The Morgan fingerprint density at radius 1 is 1.45 bits per heavy atom. The molecule has 122 valence electrons. The number of alkyl halides is 2. The first kappa shape index (κ1) is 17.1. The summed E-state index contributed by atoms with van der Waals surface area (Å²) >= 11 is 3.28. The van der Waals surface area contributed by atoms with E-state index in [0.29, 0.717) is 12.1 Å². The van der Waals surface area contributed by atoms with Crippen molar-refractivity contribution < 1.29 is 18.3 Å². The van der Waals surface area contributed by atoms with Crippen molar-refractivity contribution in [3.63, 3.8) is 0 Å². The first-order chi connectivity index (χ1) is 10.5. The van der Waals surface area contributed by atoms with Crippen LogP contribution in [0.25, 0.3) is 0 Å². The van der Waals surface area contributed by atoms with E-state index in [0.717, 1.165) is 23.7 Å². The van der Waals surface area contributed by atoms with Crippen LogP contribution in [0.4, 0.5) is 8.78 Å². The van der Waals surface area contributed by atoms with Gasteiger partial charge >= 0.3 is 6.61 Å². The summed E-state index contributed by atoms with van der Waals surface area (Å²) in [6, 6.07) is 4.73. The molecule has 1 aliphatic rings. The average molecular weight is 377 g/mol. The summed E-state index contributed by atoms with van der Waals surface area (Å²) in [5.41, 5.74) is 6.18. The molecule has 1 aliphatic carbocycles. The molecule has 0 aromatic heterocycles. The summed E-state index contributed by atoms with van der Waals surface area (Å²) in [6.07, 6.45) is 2.79. The summed E-state index contributed by atoms with van der Waals surface area (Å²) in [7, 11) is 0. The van der Waals surface area contributed by atoms with E-state index < -0.39 is 6.61 Å². The Morgan fingerprint density at radius 3 is 2.91 bits per heavy atom. The predicted molar refractivity (Wildman–Crippen MR) is 82.5 cm³/mol. The maximum absolute atomic E-state index is 12.4. The standard InChI is InChI=1S/C15H19BrF2N2O2/c16-11-4-5-13(22-15(17)18)10(6-11)8-20-14(21)12-3-1-2-9(12)7-19/h4-6,9,12,15H,1-3,7-8,19H2,(H,20,21)/t9-,12-/m1/s1. The highest BCUT2D eigenvalue weighted by Gasteiger charge is 2.31. The van der Waals surface area contributed by atoms with E-state index in [1.807, 2.05) is 0 Å². The van der Waals surface area contributed by atoms with Crippen molar-refractivity contribution in [2.24, 2.45) is 17.6 Å². The third-order valence-corrected chi connectivity index (χ3v) is 4.48. The number of hydrogen-bond donors (Lipinski definition) is 2. The monoisotopic (exact) mass is 376 g/mol. The van der Waals surface area contributed by atoms with Crippen molar-refractivity contribution in [2.75, 3.05) is 6.54 Å². The summed E-state index contributed by atoms with van der Waals surface area (Å²) in [4.78, 5) is 12.2. The largest absolute Gasteiger partial charge is 0.434 e. The SMILES string of the molecule is NC[C@H]1CCC[C@H]1C(=O)NCc1cc(Br)ccc1OC(F)F. The van der Waals surface area contributed by atoms with Crippen molar-refractivity contribution in [3.05, 3.63) is 28.2 Å². The number of benzene rings is 1. The van der Waals surface area contributed by atoms with Crippen LogP contribution in [0.3, 0.4) is 0 Å². The van der Waals surface area contributed by atoms with Gasteiger partial charge in [-0.2, -0.15) is 8.78 Å². The fraction of sp³-hybridized carbons (Fsp3) is 0.533. The molecule has 0 bridgehead atoms. The van der Waals surface area contributed by atoms with Gasteiger partial charge in [0.1, 0.15) is 5.75 Å². The van der Waals surface area contributed by atoms with E-state index >= 15 is 0 Å². The molecule has 0 saturated heterocycles.